The van der Waals surface area contributed by atoms with Crippen molar-refractivity contribution in [2.45, 2.75) is 57.8 Å². The molecule has 0 aromatic heterocycles. The maximum atomic E-state index is 5.92. The van der Waals surface area contributed by atoms with E-state index < -0.39 is 0 Å². The number of guanidine groups is 1. The molecule has 1 aromatic carbocycles. The average Bonchev–Trinajstić information content (AvgIpc) is 3.33. The van der Waals surface area contributed by atoms with Crippen LogP contribution in [0.2, 0.25) is 0 Å². The van der Waals surface area contributed by atoms with E-state index in [1.165, 1.54) is 5.56 Å². The maximum absolute atomic E-state index is 5.92. The van der Waals surface area contributed by atoms with E-state index in [-0.39, 0.29) is 5.41 Å². The van der Waals surface area contributed by atoms with Gasteiger partial charge in [-0.15, -0.1) is 0 Å². The number of fused-ring (bicyclic) bond motifs is 1. The monoisotopic (exact) mass is 370 g/mol. The molecule has 148 valence electrons. The molecule has 0 spiro atoms. The van der Waals surface area contributed by atoms with Gasteiger partial charge in [0.25, 0.3) is 0 Å². The van der Waals surface area contributed by atoms with Crippen LogP contribution in [-0.4, -0.2) is 55.8 Å². The molecule has 4 rings (SSSR count). The quantitative estimate of drug-likeness (QED) is 0.632. The van der Waals surface area contributed by atoms with E-state index in [2.05, 4.69) is 71.6 Å². The van der Waals surface area contributed by atoms with Gasteiger partial charge in [-0.2, -0.15) is 0 Å². The third-order valence-electron chi connectivity index (χ3n) is 7.01. The number of ether oxygens (including phenoxy) is 1. The zero-order valence-electron chi connectivity index (χ0n) is 17.1. The van der Waals surface area contributed by atoms with Crippen molar-refractivity contribution in [2.24, 2.45) is 16.3 Å². The van der Waals surface area contributed by atoms with Crippen molar-refractivity contribution in [1.29, 1.82) is 0 Å². The summed E-state index contributed by atoms with van der Waals surface area (Å²) < 4.78 is 5.92. The Bertz CT molecular complexity index is 674. The number of hydrogen-bond acceptors (Lipinski definition) is 3. The number of nitrogens with zero attached hydrogens (tertiary/aromatic N) is 2. The molecule has 2 saturated heterocycles. The van der Waals surface area contributed by atoms with Crippen molar-refractivity contribution in [3.8, 4) is 0 Å². The first-order valence-corrected chi connectivity index (χ1v) is 10.4. The summed E-state index contributed by atoms with van der Waals surface area (Å²) in [5, 5.41) is 7.38. The molecule has 2 aliphatic heterocycles. The Balaban J connectivity index is 1.32. The Kier molecular flexibility index (Phi) is 5.17. The molecule has 5 heteroatoms. The number of nitrogens with one attached hydrogen (secondary N) is 2. The van der Waals surface area contributed by atoms with E-state index in [4.69, 9.17) is 4.74 Å². The highest BCUT2D eigenvalue weighted by Gasteiger charge is 2.59. The third-order valence-corrected chi connectivity index (χ3v) is 7.01. The second-order valence-corrected chi connectivity index (χ2v) is 8.97. The minimum absolute atomic E-state index is 0.169. The molecule has 3 fully saturated rings. The topological polar surface area (TPSA) is 48.9 Å². The van der Waals surface area contributed by atoms with Crippen molar-refractivity contribution in [3.63, 3.8) is 0 Å². The van der Waals surface area contributed by atoms with Crippen LogP contribution in [0.1, 0.15) is 45.2 Å². The second-order valence-electron chi connectivity index (χ2n) is 8.97. The fraction of sp³-hybridized carbons (Fsp3) is 0.682. The minimum Gasteiger partial charge on any atom is -0.377 e. The molecular formula is C22H34N4O. The summed E-state index contributed by atoms with van der Waals surface area (Å²) in [5.41, 5.74) is 1.56. The van der Waals surface area contributed by atoms with Crippen LogP contribution in [0.5, 0.6) is 0 Å². The Morgan fingerprint density at radius 2 is 2.00 bits per heavy atom. The lowest BCUT2D eigenvalue weighted by atomic mass is 9.57. The predicted octanol–water partition coefficient (Wildman–Crippen LogP) is 2.80. The lowest BCUT2D eigenvalue weighted by Crippen LogP contribution is -2.68. The van der Waals surface area contributed by atoms with Crippen LogP contribution >= 0.6 is 0 Å². The van der Waals surface area contributed by atoms with Gasteiger partial charge < -0.3 is 15.4 Å². The van der Waals surface area contributed by atoms with Crippen molar-refractivity contribution in [3.05, 3.63) is 35.9 Å². The summed E-state index contributed by atoms with van der Waals surface area (Å²) in [5.74, 6) is 1.56. The Hall–Kier alpha value is -1.59. The van der Waals surface area contributed by atoms with Gasteiger partial charge in [0.1, 0.15) is 0 Å². The average molecular weight is 371 g/mol. The molecule has 0 radical (unpaired) electrons. The maximum Gasteiger partial charge on any atom is 0.191 e. The van der Waals surface area contributed by atoms with Gasteiger partial charge in [0.15, 0.2) is 5.96 Å². The van der Waals surface area contributed by atoms with E-state index in [1.807, 2.05) is 7.05 Å². The number of aliphatic imine (C=N–C) groups is 1. The van der Waals surface area contributed by atoms with Gasteiger partial charge in [-0.05, 0) is 25.3 Å². The molecule has 5 atom stereocenters. The first-order valence-electron chi connectivity index (χ1n) is 10.4. The lowest BCUT2D eigenvalue weighted by Gasteiger charge is -2.55. The third kappa shape index (κ3) is 3.47. The standard InChI is InChI=1S/C22H34N4O/c1-15(16-8-6-5-7-9-16)26-12-10-17(14-26)24-21(23-4)25-19-18-11-13-27-20(18)22(19,2)3/h5-9,15,17-20H,10-14H2,1-4H3,(H2,23,24,25). The lowest BCUT2D eigenvalue weighted by molar-refractivity contribution is -0.106. The number of rotatable bonds is 4. The zero-order chi connectivity index (χ0) is 19.0. The fourth-order valence-corrected chi connectivity index (χ4v) is 5.33. The summed E-state index contributed by atoms with van der Waals surface area (Å²) in [6.45, 7) is 10.0. The van der Waals surface area contributed by atoms with Crippen molar-refractivity contribution in [1.82, 2.24) is 15.5 Å². The van der Waals surface area contributed by atoms with Crippen LogP contribution in [0, 0.1) is 11.3 Å². The van der Waals surface area contributed by atoms with Crippen LogP contribution in [0.4, 0.5) is 0 Å². The van der Waals surface area contributed by atoms with E-state index >= 15 is 0 Å². The molecule has 5 unspecified atom stereocenters. The molecule has 5 nitrogen and oxygen atoms in total. The summed E-state index contributed by atoms with van der Waals surface area (Å²) in [6.07, 6.45) is 2.72. The van der Waals surface area contributed by atoms with Crippen molar-refractivity contribution in [2.75, 3.05) is 26.7 Å². The van der Waals surface area contributed by atoms with Crippen LogP contribution < -0.4 is 10.6 Å². The molecule has 2 N–H and O–H groups in total. The van der Waals surface area contributed by atoms with Gasteiger partial charge in [-0.3, -0.25) is 9.89 Å². The van der Waals surface area contributed by atoms with Crippen molar-refractivity contribution < 1.29 is 4.74 Å². The van der Waals surface area contributed by atoms with Gasteiger partial charge in [0, 0.05) is 56.2 Å². The van der Waals surface area contributed by atoms with Gasteiger partial charge in [0.2, 0.25) is 0 Å². The first kappa shape index (κ1) is 18.8. The van der Waals surface area contributed by atoms with E-state index in [0.717, 1.165) is 38.5 Å². The fourth-order valence-electron chi connectivity index (χ4n) is 5.33. The molecule has 1 aromatic rings. The smallest absolute Gasteiger partial charge is 0.191 e. The van der Waals surface area contributed by atoms with Crippen LogP contribution in [-0.2, 0) is 4.74 Å². The Labute approximate surface area is 163 Å². The molecular weight excluding hydrogens is 336 g/mol. The Morgan fingerprint density at radius 1 is 1.22 bits per heavy atom. The largest absolute Gasteiger partial charge is 0.377 e. The second kappa shape index (κ2) is 7.44. The van der Waals surface area contributed by atoms with E-state index in [1.54, 1.807) is 0 Å². The molecule has 1 saturated carbocycles. The minimum atomic E-state index is 0.169. The number of hydrogen-bond donors (Lipinski definition) is 2. The van der Waals surface area contributed by atoms with Gasteiger partial charge in [-0.1, -0.05) is 44.2 Å². The highest BCUT2D eigenvalue weighted by Crippen LogP contribution is 2.52. The SMILES string of the molecule is CN=C(NC1CCN(C(C)c2ccccc2)C1)NC1C2CCOC2C1(C)C. The molecule has 0 amide bonds. The first-order chi connectivity index (χ1) is 13.0. The number of benzene rings is 1. The van der Waals surface area contributed by atoms with Crippen molar-refractivity contribution >= 4 is 5.96 Å². The summed E-state index contributed by atoms with van der Waals surface area (Å²) in [7, 11) is 1.88. The molecule has 27 heavy (non-hydrogen) atoms. The van der Waals surface area contributed by atoms with Gasteiger partial charge in [-0.25, -0.2) is 0 Å². The Morgan fingerprint density at radius 3 is 2.74 bits per heavy atom. The summed E-state index contributed by atoms with van der Waals surface area (Å²) in [6, 6.07) is 12.1. The van der Waals surface area contributed by atoms with E-state index in [0.29, 0.717) is 30.1 Å². The highest BCUT2D eigenvalue weighted by molar-refractivity contribution is 5.80. The molecule has 2 heterocycles. The predicted molar refractivity (Wildman–Crippen MR) is 110 cm³/mol. The van der Waals surface area contributed by atoms with Crippen LogP contribution in [0.3, 0.4) is 0 Å². The zero-order valence-corrected chi connectivity index (χ0v) is 17.1. The van der Waals surface area contributed by atoms with Gasteiger partial charge in [0.05, 0.1) is 6.10 Å². The van der Waals surface area contributed by atoms with Gasteiger partial charge >= 0.3 is 0 Å². The molecule has 1 aliphatic carbocycles. The van der Waals surface area contributed by atoms with E-state index in [9.17, 15) is 0 Å². The summed E-state index contributed by atoms with van der Waals surface area (Å²) >= 11 is 0. The normalized spacial score (nSPS) is 34.0. The van der Waals surface area contributed by atoms with Crippen LogP contribution in [0.15, 0.2) is 35.3 Å². The molecule has 0 bridgehead atoms. The summed E-state index contributed by atoms with van der Waals surface area (Å²) in [4.78, 5) is 7.08. The number of likely N-dealkylation sites (tertiary alicyclic amines) is 1. The highest BCUT2D eigenvalue weighted by atomic mass is 16.5. The van der Waals surface area contributed by atoms with Crippen LogP contribution in [0.25, 0.3) is 0 Å². The molecule has 3 aliphatic rings.